The molecule has 462 valence electrons. The second-order valence-electron chi connectivity index (χ2n) is 22.1. The van der Waals surface area contributed by atoms with Gasteiger partial charge in [-0.05, 0) is 91.4 Å². The molecule has 2 heterocycles. The SMILES string of the molecule is CCCCn1c(-c2ccccc2)nc(-c2ccccc2)c1CN(Cc1ccc(OC)cc1)Cc1ccc(C(=O)OC)cc1.CCCCn1c(-c2ccccc2)nc(-c2ccccc2)c1CN(Cc1ccccc1)Cc1cc(C(=O)OCC)cc(C(=O)OCC)c1. The third-order valence-electron chi connectivity index (χ3n) is 15.5. The molecule has 0 aliphatic rings. The van der Waals surface area contributed by atoms with Gasteiger partial charge in [-0.25, -0.2) is 24.4 Å². The Morgan fingerprint density at radius 1 is 0.389 bits per heavy atom. The Morgan fingerprint density at radius 2 is 0.756 bits per heavy atom. The molecular weight excluding hydrogens is 1120 g/mol. The molecular formula is C77H82N6O7. The minimum absolute atomic E-state index is 0.242. The maximum Gasteiger partial charge on any atom is 0.338 e. The van der Waals surface area contributed by atoms with Gasteiger partial charge in [0.25, 0.3) is 0 Å². The van der Waals surface area contributed by atoms with E-state index in [1.54, 1.807) is 27.0 Å². The number of carbonyl (C=O) groups is 3. The lowest BCUT2D eigenvalue weighted by atomic mass is 10.0. The van der Waals surface area contributed by atoms with Gasteiger partial charge < -0.3 is 28.1 Å². The number of esters is 3. The van der Waals surface area contributed by atoms with E-state index in [-0.39, 0.29) is 19.2 Å². The Morgan fingerprint density at radius 3 is 1.13 bits per heavy atom. The molecule has 0 N–H and O–H groups in total. The molecule has 10 aromatic rings. The number of benzene rings is 8. The fraction of sp³-hybridized carbons (Fsp3) is 0.260. The third kappa shape index (κ3) is 17.3. The van der Waals surface area contributed by atoms with Crippen molar-refractivity contribution in [2.75, 3.05) is 27.4 Å². The minimum Gasteiger partial charge on any atom is -0.497 e. The highest BCUT2D eigenvalue weighted by molar-refractivity contribution is 5.95. The van der Waals surface area contributed by atoms with E-state index >= 15 is 0 Å². The van der Waals surface area contributed by atoms with Crippen LogP contribution in [0.15, 0.2) is 218 Å². The summed E-state index contributed by atoms with van der Waals surface area (Å²) in [5, 5.41) is 0. The molecule has 0 unspecified atom stereocenters. The van der Waals surface area contributed by atoms with Crippen LogP contribution < -0.4 is 4.74 Å². The summed E-state index contributed by atoms with van der Waals surface area (Å²) in [5.41, 5.74) is 14.1. The Balaban J connectivity index is 0.000000214. The molecule has 0 radical (unpaired) electrons. The van der Waals surface area contributed by atoms with Gasteiger partial charge in [0.15, 0.2) is 0 Å². The van der Waals surface area contributed by atoms with Gasteiger partial charge in [-0.2, -0.15) is 0 Å². The monoisotopic (exact) mass is 1200 g/mol. The highest BCUT2D eigenvalue weighted by atomic mass is 16.5. The van der Waals surface area contributed by atoms with E-state index < -0.39 is 11.9 Å². The molecule has 0 aliphatic carbocycles. The molecule has 2 aromatic heterocycles. The van der Waals surface area contributed by atoms with E-state index in [9.17, 15) is 14.4 Å². The molecule has 13 nitrogen and oxygen atoms in total. The van der Waals surface area contributed by atoms with Crippen molar-refractivity contribution in [3.05, 3.63) is 269 Å². The van der Waals surface area contributed by atoms with Crippen molar-refractivity contribution in [2.24, 2.45) is 0 Å². The van der Waals surface area contributed by atoms with Gasteiger partial charge in [0.1, 0.15) is 17.4 Å². The highest BCUT2D eigenvalue weighted by Crippen LogP contribution is 2.34. The minimum atomic E-state index is -0.467. The normalized spacial score (nSPS) is 11.1. The summed E-state index contributed by atoms with van der Waals surface area (Å²) in [6.45, 7) is 14.0. The van der Waals surface area contributed by atoms with E-state index in [2.05, 4.69) is 142 Å². The van der Waals surface area contributed by atoms with Crippen LogP contribution in [0.25, 0.3) is 45.3 Å². The summed E-state index contributed by atoms with van der Waals surface area (Å²) in [7, 11) is 3.09. The first kappa shape index (κ1) is 64.8. The lowest BCUT2D eigenvalue weighted by molar-refractivity contribution is 0.0522. The van der Waals surface area contributed by atoms with Gasteiger partial charge in [-0.3, -0.25) is 9.80 Å². The Bertz CT molecular complexity index is 3820. The first-order valence-electron chi connectivity index (χ1n) is 31.3. The summed E-state index contributed by atoms with van der Waals surface area (Å²) in [5.74, 6) is 1.51. The first-order chi connectivity index (χ1) is 44.1. The molecule has 13 heteroatoms. The Kier molecular flexibility index (Phi) is 23.8. The first-order valence-corrected chi connectivity index (χ1v) is 31.3. The van der Waals surface area contributed by atoms with Gasteiger partial charge in [-0.15, -0.1) is 0 Å². The number of unbranched alkanes of at least 4 members (excludes halogenated alkanes) is 2. The van der Waals surface area contributed by atoms with Crippen LogP contribution in [0.5, 0.6) is 5.75 Å². The molecule has 10 rings (SSSR count). The zero-order chi connectivity index (χ0) is 63.0. The average molecular weight is 1200 g/mol. The lowest BCUT2D eigenvalue weighted by Gasteiger charge is -2.25. The van der Waals surface area contributed by atoms with E-state index in [4.69, 9.17) is 28.9 Å². The number of imidazole rings is 2. The van der Waals surface area contributed by atoms with Crippen LogP contribution in [0, 0.1) is 0 Å². The summed E-state index contributed by atoms with van der Waals surface area (Å²) in [6, 6.07) is 73.1. The van der Waals surface area contributed by atoms with Gasteiger partial charge in [-0.1, -0.05) is 203 Å². The van der Waals surface area contributed by atoms with Gasteiger partial charge in [0.2, 0.25) is 0 Å². The fourth-order valence-electron chi connectivity index (χ4n) is 11.1. The van der Waals surface area contributed by atoms with Gasteiger partial charge >= 0.3 is 17.9 Å². The van der Waals surface area contributed by atoms with Crippen LogP contribution in [-0.4, -0.2) is 74.2 Å². The molecule has 0 spiro atoms. The topological polar surface area (TPSA) is 130 Å². The van der Waals surface area contributed by atoms with Crippen LogP contribution in [0.2, 0.25) is 0 Å². The van der Waals surface area contributed by atoms with Crippen LogP contribution in [-0.2, 0) is 66.6 Å². The van der Waals surface area contributed by atoms with Crippen molar-refractivity contribution >= 4 is 17.9 Å². The van der Waals surface area contributed by atoms with Crippen molar-refractivity contribution in [1.82, 2.24) is 28.9 Å². The van der Waals surface area contributed by atoms with Crippen molar-refractivity contribution in [2.45, 2.75) is 106 Å². The maximum atomic E-state index is 12.9. The number of nitrogens with zero attached hydrogens (tertiary/aromatic N) is 6. The van der Waals surface area contributed by atoms with Crippen molar-refractivity contribution in [1.29, 1.82) is 0 Å². The molecule has 0 bridgehead atoms. The van der Waals surface area contributed by atoms with Crippen LogP contribution >= 0.6 is 0 Å². The zero-order valence-electron chi connectivity index (χ0n) is 52.7. The van der Waals surface area contributed by atoms with E-state index in [1.807, 2.05) is 103 Å². The largest absolute Gasteiger partial charge is 0.497 e. The number of hydrogen-bond donors (Lipinski definition) is 0. The van der Waals surface area contributed by atoms with E-state index in [0.29, 0.717) is 49.4 Å². The molecule has 0 amide bonds. The van der Waals surface area contributed by atoms with Crippen molar-refractivity contribution < 1.29 is 33.3 Å². The Labute approximate surface area is 530 Å². The highest BCUT2D eigenvalue weighted by Gasteiger charge is 2.25. The smallest absolute Gasteiger partial charge is 0.338 e. The second kappa shape index (κ2) is 33.0. The molecule has 0 atom stereocenters. The number of aromatic nitrogens is 4. The fourth-order valence-corrected chi connectivity index (χ4v) is 11.1. The van der Waals surface area contributed by atoms with Crippen molar-refractivity contribution in [3.63, 3.8) is 0 Å². The number of methoxy groups -OCH3 is 2. The van der Waals surface area contributed by atoms with Gasteiger partial charge in [0, 0.05) is 74.6 Å². The predicted molar refractivity (Wildman–Crippen MR) is 357 cm³/mol. The lowest BCUT2D eigenvalue weighted by Crippen LogP contribution is -2.25. The third-order valence-corrected chi connectivity index (χ3v) is 15.5. The van der Waals surface area contributed by atoms with Gasteiger partial charge in [0.05, 0.1) is 66.9 Å². The molecule has 0 saturated heterocycles. The average Bonchev–Trinajstić information content (AvgIpc) is 1.91. The summed E-state index contributed by atoms with van der Waals surface area (Å²) in [6.07, 6.45) is 4.22. The Hall–Kier alpha value is -9.69. The summed E-state index contributed by atoms with van der Waals surface area (Å²) < 4.78 is 25.7. The van der Waals surface area contributed by atoms with Crippen LogP contribution in [0.1, 0.15) is 118 Å². The molecule has 8 aromatic carbocycles. The number of ether oxygens (including phenoxy) is 4. The predicted octanol–water partition coefficient (Wildman–Crippen LogP) is 16.6. The summed E-state index contributed by atoms with van der Waals surface area (Å²) >= 11 is 0. The van der Waals surface area contributed by atoms with E-state index in [0.717, 1.165) is 119 Å². The number of carbonyl (C=O) groups excluding carboxylic acids is 3. The van der Waals surface area contributed by atoms with Crippen LogP contribution in [0.4, 0.5) is 0 Å². The molecule has 0 fully saturated rings. The standard InChI is InChI=1S/C40H43N3O4.C37H39N3O3/c1-4-7-23-43-36(37(32-19-13-9-14-20-32)41-38(43)33-21-15-10-16-22-33)29-42(27-30-17-11-8-12-18-30)28-31-24-34(39(44)46-5-2)26-35(25-31)40(45)47-6-3;1-4-5-24-40-34(35(30-12-8-6-9-13-30)38-36(40)31-14-10-7-11-15-31)27-39(26-29-18-22-33(42-2)23-19-29)25-28-16-20-32(21-17-28)37(41)43-3/h8-22,24-26H,4-7,23,27-29H2,1-3H3;6-23H,4-5,24-27H2,1-3H3. The number of rotatable bonds is 28. The molecule has 0 aliphatic heterocycles. The quantitative estimate of drug-likeness (QED) is 0.0343. The number of hydrogen-bond acceptors (Lipinski definition) is 11. The second-order valence-corrected chi connectivity index (χ2v) is 22.1. The van der Waals surface area contributed by atoms with E-state index in [1.165, 1.54) is 18.4 Å². The molecule has 0 saturated carbocycles. The van der Waals surface area contributed by atoms with Crippen LogP contribution in [0.3, 0.4) is 0 Å². The van der Waals surface area contributed by atoms with Crippen molar-refractivity contribution in [3.8, 4) is 51.0 Å². The maximum absolute atomic E-state index is 12.9. The zero-order valence-corrected chi connectivity index (χ0v) is 52.7. The molecule has 90 heavy (non-hydrogen) atoms. The summed E-state index contributed by atoms with van der Waals surface area (Å²) in [4.78, 5) is 53.2.